The maximum atomic E-state index is 13.3. The Morgan fingerprint density at radius 2 is 1.92 bits per heavy atom. The number of nitrogens with zero attached hydrogens (tertiary/aromatic N) is 2. The average Bonchev–Trinajstić information content (AvgIpc) is 2.67. The first-order chi connectivity index (χ1) is 12.7. The van der Waals surface area contributed by atoms with Gasteiger partial charge in [0.25, 0.3) is 5.91 Å². The summed E-state index contributed by atoms with van der Waals surface area (Å²) >= 11 is 0. The van der Waals surface area contributed by atoms with Crippen molar-refractivity contribution in [3.05, 3.63) is 70.9 Å². The Morgan fingerprint density at radius 1 is 1.15 bits per heavy atom. The molecule has 0 saturated heterocycles. The van der Waals surface area contributed by atoms with Crippen LogP contribution in [0, 0.1) is 6.92 Å². The molecule has 2 aromatic carbocycles. The second-order valence-electron chi connectivity index (χ2n) is 6.82. The van der Waals surface area contributed by atoms with E-state index in [1.807, 2.05) is 55.5 Å². The number of aryl methyl sites for hydroxylation is 1. The third-order valence-electron chi connectivity index (χ3n) is 5.19. The van der Waals surface area contributed by atoms with Gasteiger partial charge < -0.3 is 5.32 Å². The van der Waals surface area contributed by atoms with E-state index in [-0.39, 0.29) is 5.91 Å². The van der Waals surface area contributed by atoms with Crippen LogP contribution >= 0.6 is 0 Å². The Morgan fingerprint density at radius 3 is 2.73 bits per heavy atom. The molecule has 0 atom stereocenters. The average molecular weight is 345 g/mol. The topological polar surface area (TPSA) is 45.2 Å². The molecule has 0 saturated carbocycles. The number of rotatable bonds is 3. The first-order valence-electron chi connectivity index (χ1n) is 9.17. The number of carbonyl (C=O) groups is 1. The lowest BCUT2D eigenvalue weighted by atomic mass is 9.95. The molecule has 0 fully saturated rings. The number of carbonyl (C=O) groups excluding carboxylic acids is 1. The Kier molecular flexibility index (Phi) is 4.43. The molecule has 0 radical (unpaired) electrons. The number of amides is 1. The Balaban J connectivity index is 1.84. The number of likely N-dealkylation sites (N-methyl/N-ethyl adjacent to an activating group) is 1. The van der Waals surface area contributed by atoms with Gasteiger partial charge in [0.2, 0.25) is 0 Å². The number of hydrogen-bond donors (Lipinski definition) is 1. The number of pyridine rings is 1. The minimum absolute atomic E-state index is 0.0490. The van der Waals surface area contributed by atoms with Crippen LogP contribution in [0.5, 0.6) is 0 Å². The summed E-state index contributed by atoms with van der Waals surface area (Å²) < 4.78 is 0. The van der Waals surface area contributed by atoms with E-state index < -0.39 is 0 Å². The van der Waals surface area contributed by atoms with Gasteiger partial charge in [0.05, 0.1) is 11.1 Å². The van der Waals surface area contributed by atoms with Gasteiger partial charge in [0.15, 0.2) is 0 Å². The van der Waals surface area contributed by atoms with E-state index in [0.717, 1.165) is 65.0 Å². The van der Waals surface area contributed by atoms with Crippen LogP contribution in [0.15, 0.2) is 48.5 Å². The van der Waals surface area contributed by atoms with Gasteiger partial charge in [-0.25, -0.2) is 0 Å². The number of para-hydroxylation sites is 2. The van der Waals surface area contributed by atoms with E-state index >= 15 is 0 Å². The van der Waals surface area contributed by atoms with Crippen molar-refractivity contribution in [3.63, 3.8) is 0 Å². The van der Waals surface area contributed by atoms with Crippen LogP contribution in [0.2, 0.25) is 0 Å². The smallest absolute Gasteiger partial charge is 0.256 e. The fourth-order valence-electron chi connectivity index (χ4n) is 3.67. The summed E-state index contributed by atoms with van der Waals surface area (Å²) in [5.41, 5.74) is 5.71. The van der Waals surface area contributed by atoms with Crippen LogP contribution in [0.3, 0.4) is 0 Å². The standard InChI is InChI=1S/C22H23N3O/c1-3-25-13-12-20-17(14-25)21(16-9-5-7-11-19(16)23-20)22(26)24-18-10-6-4-8-15(18)2/h4-11H,3,12-14H2,1-2H3,(H,24,26). The zero-order valence-electron chi connectivity index (χ0n) is 15.2. The van der Waals surface area contributed by atoms with Crippen LogP contribution in [-0.4, -0.2) is 28.9 Å². The molecule has 26 heavy (non-hydrogen) atoms. The summed E-state index contributed by atoms with van der Waals surface area (Å²) in [7, 11) is 0. The predicted molar refractivity (Wildman–Crippen MR) is 106 cm³/mol. The molecule has 2 heterocycles. The molecule has 0 bridgehead atoms. The Labute approximate surface area is 153 Å². The highest BCUT2D eigenvalue weighted by Crippen LogP contribution is 2.29. The molecule has 4 rings (SSSR count). The lowest BCUT2D eigenvalue weighted by molar-refractivity contribution is 0.102. The van der Waals surface area contributed by atoms with E-state index in [1.165, 1.54) is 0 Å². The molecule has 132 valence electrons. The van der Waals surface area contributed by atoms with Gasteiger partial charge in [-0.05, 0) is 31.2 Å². The highest BCUT2D eigenvalue weighted by atomic mass is 16.1. The quantitative estimate of drug-likeness (QED) is 0.775. The molecule has 3 aromatic rings. The van der Waals surface area contributed by atoms with Crippen LogP contribution in [-0.2, 0) is 13.0 Å². The molecule has 1 aliphatic heterocycles. The molecule has 1 amide bonds. The Bertz CT molecular complexity index is 980. The number of nitrogens with one attached hydrogen (secondary N) is 1. The van der Waals surface area contributed by atoms with Gasteiger partial charge in [0.1, 0.15) is 0 Å². The largest absolute Gasteiger partial charge is 0.322 e. The highest BCUT2D eigenvalue weighted by Gasteiger charge is 2.25. The first-order valence-corrected chi connectivity index (χ1v) is 9.17. The third-order valence-corrected chi connectivity index (χ3v) is 5.19. The summed E-state index contributed by atoms with van der Waals surface area (Å²) in [4.78, 5) is 20.5. The van der Waals surface area contributed by atoms with Gasteiger partial charge in [-0.1, -0.05) is 43.3 Å². The molecule has 0 unspecified atom stereocenters. The first kappa shape index (κ1) is 16.7. The minimum Gasteiger partial charge on any atom is -0.322 e. The van der Waals surface area contributed by atoms with Crippen molar-refractivity contribution in [1.82, 2.24) is 9.88 Å². The van der Waals surface area contributed by atoms with E-state index in [1.54, 1.807) is 0 Å². The van der Waals surface area contributed by atoms with Gasteiger partial charge in [-0.2, -0.15) is 0 Å². The minimum atomic E-state index is -0.0490. The summed E-state index contributed by atoms with van der Waals surface area (Å²) in [6.45, 7) is 6.92. The lowest BCUT2D eigenvalue weighted by Crippen LogP contribution is -2.33. The number of aromatic nitrogens is 1. The van der Waals surface area contributed by atoms with Crippen molar-refractivity contribution in [2.24, 2.45) is 0 Å². The number of anilines is 1. The van der Waals surface area contributed by atoms with E-state index in [0.29, 0.717) is 0 Å². The highest BCUT2D eigenvalue weighted by molar-refractivity contribution is 6.13. The van der Waals surface area contributed by atoms with Crippen molar-refractivity contribution >= 4 is 22.5 Å². The van der Waals surface area contributed by atoms with Crippen molar-refractivity contribution in [1.29, 1.82) is 0 Å². The van der Waals surface area contributed by atoms with Crippen molar-refractivity contribution < 1.29 is 4.79 Å². The normalized spacial score (nSPS) is 14.2. The van der Waals surface area contributed by atoms with E-state index in [4.69, 9.17) is 4.98 Å². The van der Waals surface area contributed by atoms with Gasteiger partial charge in [-0.15, -0.1) is 0 Å². The fourth-order valence-corrected chi connectivity index (χ4v) is 3.67. The van der Waals surface area contributed by atoms with Crippen molar-refractivity contribution in [2.75, 3.05) is 18.4 Å². The predicted octanol–water partition coefficient (Wildman–Crippen LogP) is 4.17. The van der Waals surface area contributed by atoms with Crippen LogP contribution < -0.4 is 5.32 Å². The SMILES string of the molecule is CCN1CCc2nc3ccccc3c(C(=O)Nc3ccccc3C)c2C1. The van der Waals surface area contributed by atoms with Gasteiger partial charge in [0, 0.05) is 41.8 Å². The molecular weight excluding hydrogens is 322 g/mol. The molecule has 0 aliphatic carbocycles. The molecule has 4 heteroatoms. The number of benzene rings is 2. The summed E-state index contributed by atoms with van der Waals surface area (Å²) in [6.07, 6.45) is 0.888. The molecule has 1 aliphatic rings. The van der Waals surface area contributed by atoms with E-state index in [9.17, 15) is 4.79 Å². The molecule has 1 aromatic heterocycles. The maximum absolute atomic E-state index is 13.3. The van der Waals surface area contributed by atoms with Gasteiger partial charge in [-0.3, -0.25) is 14.7 Å². The molecule has 1 N–H and O–H groups in total. The number of hydrogen-bond acceptors (Lipinski definition) is 3. The number of fused-ring (bicyclic) bond motifs is 2. The molecular formula is C22H23N3O. The second kappa shape index (κ2) is 6.89. The van der Waals surface area contributed by atoms with E-state index in [2.05, 4.69) is 17.1 Å². The molecule has 4 nitrogen and oxygen atoms in total. The summed E-state index contributed by atoms with van der Waals surface area (Å²) in [5, 5.41) is 4.04. The fraction of sp³-hybridized carbons (Fsp3) is 0.273. The summed E-state index contributed by atoms with van der Waals surface area (Å²) in [5.74, 6) is -0.0490. The monoisotopic (exact) mass is 345 g/mol. The van der Waals surface area contributed by atoms with Crippen LogP contribution in [0.25, 0.3) is 10.9 Å². The zero-order chi connectivity index (χ0) is 18.1. The van der Waals surface area contributed by atoms with Crippen molar-refractivity contribution in [2.45, 2.75) is 26.8 Å². The third kappa shape index (κ3) is 2.97. The Hall–Kier alpha value is -2.72. The van der Waals surface area contributed by atoms with Crippen LogP contribution in [0.1, 0.15) is 34.1 Å². The second-order valence-corrected chi connectivity index (χ2v) is 6.82. The lowest BCUT2D eigenvalue weighted by Gasteiger charge is -2.29. The maximum Gasteiger partial charge on any atom is 0.256 e. The molecule has 0 spiro atoms. The van der Waals surface area contributed by atoms with Crippen molar-refractivity contribution in [3.8, 4) is 0 Å². The summed E-state index contributed by atoms with van der Waals surface area (Å²) in [6, 6.07) is 15.8. The zero-order valence-corrected chi connectivity index (χ0v) is 15.2. The van der Waals surface area contributed by atoms with Crippen LogP contribution in [0.4, 0.5) is 5.69 Å². The van der Waals surface area contributed by atoms with Gasteiger partial charge >= 0.3 is 0 Å².